The Kier molecular flexibility index (Phi) is 4.45. The Bertz CT molecular complexity index is 517. The molecule has 2 heteroatoms. The number of nitrogens with zero attached hydrogens (tertiary/aromatic N) is 1. The van der Waals surface area contributed by atoms with Crippen LogP contribution in [0.1, 0.15) is 11.1 Å². The Hall–Kier alpha value is -1.96. The molecule has 2 aromatic rings. The molecule has 0 bridgehead atoms. The summed E-state index contributed by atoms with van der Waals surface area (Å²) >= 11 is 0. The predicted molar refractivity (Wildman–Crippen MR) is 84.1 cm³/mol. The third-order valence-corrected chi connectivity index (χ3v) is 3.27. The summed E-state index contributed by atoms with van der Waals surface area (Å²) in [6.07, 6.45) is 0. The molecule has 0 amide bonds. The fourth-order valence-electron chi connectivity index (χ4n) is 2.03. The van der Waals surface area contributed by atoms with Gasteiger partial charge in [0, 0.05) is 31.5 Å². The maximum atomic E-state index is 3.45. The van der Waals surface area contributed by atoms with Crippen LogP contribution in [0.15, 0.2) is 48.5 Å². The van der Waals surface area contributed by atoms with Gasteiger partial charge in [0.15, 0.2) is 0 Å². The maximum Gasteiger partial charge on any atom is 0.0366 e. The number of likely N-dealkylation sites (N-methyl/N-ethyl adjacent to an activating group) is 1. The molecule has 0 aliphatic carbocycles. The minimum absolute atomic E-state index is 0.938. The van der Waals surface area contributed by atoms with Crippen molar-refractivity contribution in [3.8, 4) is 0 Å². The molecule has 19 heavy (non-hydrogen) atoms. The molecule has 0 aliphatic rings. The van der Waals surface area contributed by atoms with Crippen molar-refractivity contribution in [1.82, 2.24) is 0 Å². The number of rotatable bonds is 5. The lowest BCUT2D eigenvalue weighted by Crippen LogP contribution is -2.24. The summed E-state index contributed by atoms with van der Waals surface area (Å²) in [6.45, 7) is 6.15. The first-order valence-electron chi connectivity index (χ1n) is 6.73. The average Bonchev–Trinajstić information content (AvgIpc) is 2.41. The van der Waals surface area contributed by atoms with Crippen LogP contribution in [-0.4, -0.2) is 20.1 Å². The topological polar surface area (TPSA) is 15.3 Å². The highest BCUT2D eigenvalue weighted by Crippen LogP contribution is 2.14. The van der Waals surface area contributed by atoms with Crippen molar-refractivity contribution in [2.75, 3.05) is 30.4 Å². The van der Waals surface area contributed by atoms with Gasteiger partial charge in [-0.1, -0.05) is 29.8 Å². The molecule has 2 rings (SSSR count). The molecular weight excluding hydrogens is 232 g/mol. The summed E-state index contributed by atoms with van der Waals surface area (Å²) in [7, 11) is 2.13. The van der Waals surface area contributed by atoms with E-state index >= 15 is 0 Å². The quantitative estimate of drug-likeness (QED) is 0.871. The van der Waals surface area contributed by atoms with E-state index in [2.05, 4.69) is 79.6 Å². The van der Waals surface area contributed by atoms with E-state index in [0.717, 1.165) is 13.1 Å². The Morgan fingerprint density at radius 1 is 0.947 bits per heavy atom. The molecule has 0 saturated heterocycles. The standard InChI is InChI=1S/C17H22N2/c1-14-7-9-16(10-8-14)18-11-12-19(3)17-6-4-5-15(2)13-17/h4-10,13,18H,11-12H2,1-3H3. The third-order valence-electron chi connectivity index (χ3n) is 3.27. The van der Waals surface area contributed by atoms with Crippen molar-refractivity contribution in [3.05, 3.63) is 59.7 Å². The van der Waals surface area contributed by atoms with Gasteiger partial charge in [-0.3, -0.25) is 0 Å². The van der Waals surface area contributed by atoms with Crippen LogP contribution in [0.2, 0.25) is 0 Å². The average molecular weight is 254 g/mol. The number of hydrogen-bond acceptors (Lipinski definition) is 2. The Balaban J connectivity index is 1.84. The molecule has 0 heterocycles. The first-order chi connectivity index (χ1) is 9.15. The molecule has 0 atom stereocenters. The van der Waals surface area contributed by atoms with Crippen molar-refractivity contribution in [3.63, 3.8) is 0 Å². The lowest BCUT2D eigenvalue weighted by Gasteiger charge is -2.20. The molecule has 100 valence electrons. The molecule has 0 unspecified atom stereocenters. The van der Waals surface area contributed by atoms with E-state index in [1.165, 1.54) is 22.5 Å². The fraction of sp³-hybridized carbons (Fsp3) is 0.294. The van der Waals surface area contributed by atoms with E-state index in [9.17, 15) is 0 Å². The van der Waals surface area contributed by atoms with E-state index < -0.39 is 0 Å². The van der Waals surface area contributed by atoms with Gasteiger partial charge in [-0.15, -0.1) is 0 Å². The Morgan fingerprint density at radius 2 is 1.68 bits per heavy atom. The van der Waals surface area contributed by atoms with Crippen molar-refractivity contribution in [1.29, 1.82) is 0 Å². The van der Waals surface area contributed by atoms with E-state index in [1.54, 1.807) is 0 Å². The van der Waals surface area contributed by atoms with E-state index in [-0.39, 0.29) is 0 Å². The molecule has 0 aromatic heterocycles. The zero-order valence-electron chi connectivity index (χ0n) is 12.0. The summed E-state index contributed by atoms with van der Waals surface area (Å²) < 4.78 is 0. The zero-order valence-corrected chi connectivity index (χ0v) is 12.0. The van der Waals surface area contributed by atoms with Gasteiger partial charge < -0.3 is 10.2 Å². The van der Waals surface area contributed by atoms with Gasteiger partial charge in [0.25, 0.3) is 0 Å². The van der Waals surface area contributed by atoms with Crippen LogP contribution in [0.25, 0.3) is 0 Å². The molecule has 2 aromatic carbocycles. The van der Waals surface area contributed by atoms with Gasteiger partial charge in [-0.2, -0.15) is 0 Å². The van der Waals surface area contributed by atoms with E-state index in [4.69, 9.17) is 0 Å². The normalized spacial score (nSPS) is 10.3. The number of anilines is 2. The van der Waals surface area contributed by atoms with Gasteiger partial charge in [-0.05, 0) is 43.7 Å². The van der Waals surface area contributed by atoms with Gasteiger partial charge in [0.05, 0.1) is 0 Å². The summed E-state index contributed by atoms with van der Waals surface area (Å²) in [5.74, 6) is 0. The SMILES string of the molecule is Cc1ccc(NCCN(C)c2cccc(C)c2)cc1. The number of hydrogen-bond donors (Lipinski definition) is 1. The van der Waals surface area contributed by atoms with Crippen molar-refractivity contribution in [2.24, 2.45) is 0 Å². The fourth-order valence-corrected chi connectivity index (χ4v) is 2.03. The lowest BCUT2D eigenvalue weighted by molar-refractivity contribution is 0.914. The molecule has 0 fully saturated rings. The molecule has 1 N–H and O–H groups in total. The molecule has 0 spiro atoms. The zero-order chi connectivity index (χ0) is 13.7. The summed E-state index contributed by atoms with van der Waals surface area (Å²) in [5, 5.41) is 3.45. The molecule has 0 aliphatic heterocycles. The highest BCUT2D eigenvalue weighted by atomic mass is 15.1. The largest absolute Gasteiger partial charge is 0.383 e. The van der Waals surface area contributed by atoms with Crippen LogP contribution in [0, 0.1) is 13.8 Å². The first-order valence-corrected chi connectivity index (χ1v) is 6.73. The van der Waals surface area contributed by atoms with Crippen LogP contribution >= 0.6 is 0 Å². The summed E-state index contributed by atoms with van der Waals surface area (Å²) in [5.41, 5.74) is 5.05. The predicted octanol–water partition coefficient (Wildman–Crippen LogP) is 3.85. The van der Waals surface area contributed by atoms with Gasteiger partial charge in [0.2, 0.25) is 0 Å². The highest BCUT2D eigenvalue weighted by Gasteiger charge is 2.00. The minimum Gasteiger partial charge on any atom is -0.383 e. The molecule has 0 radical (unpaired) electrons. The summed E-state index contributed by atoms with van der Waals surface area (Å²) in [6, 6.07) is 17.1. The number of benzene rings is 2. The first kappa shape index (κ1) is 13.5. The van der Waals surface area contributed by atoms with Crippen LogP contribution < -0.4 is 10.2 Å². The van der Waals surface area contributed by atoms with Gasteiger partial charge in [-0.25, -0.2) is 0 Å². The van der Waals surface area contributed by atoms with Crippen molar-refractivity contribution in [2.45, 2.75) is 13.8 Å². The smallest absolute Gasteiger partial charge is 0.0366 e. The molecular formula is C17H22N2. The Morgan fingerprint density at radius 3 is 2.37 bits per heavy atom. The second kappa shape index (κ2) is 6.28. The van der Waals surface area contributed by atoms with Crippen LogP contribution in [0.4, 0.5) is 11.4 Å². The maximum absolute atomic E-state index is 3.45. The van der Waals surface area contributed by atoms with Crippen LogP contribution in [0.3, 0.4) is 0 Å². The van der Waals surface area contributed by atoms with E-state index in [0.29, 0.717) is 0 Å². The Labute approximate surface area is 116 Å². The van der Waals surface area contributed by atoms with Crippen molar-refractivity contribution < 1.29 is 0 Å². The summed E-state index contributed by atoms with van der Waals surface area (Å²) in [4.78, 5) is 2.27. The second-order valence-corrected chi connectivity index (χ2v) is 5.05. The lowest BCUT2D eigenvalue weighted by atomic mass is 10.2. The third kappa shape index (κ3) is 4.02. The van der Waals surface area contributed by atoms with Gasteiger partial charge in [0.1, 0.15) is 0 Å². The van der Waals surface area contributed by atoms with E-state index in [1.807, 2.05) is 0 Å². The van der Waals surface area contributed by atoms with Crippen LogP contribution in [-0.2, 0) is 0 Å². The molecule has 2 nitrogen and oxygen atoms in total. The minimum atomic E-state index is 0.938. The monoisotopic (exact) mass is 254 g/mol. The number of nitrogens with one attached hydrogen (secondary N) is 1. The second-order valence-electron chi connectivity index (χ2n) is 5.05. The van der Waals surface area contributed by atoms with Crippen LogP contribution in [0.5, 0.6) is 0 Å². The number of aryl methyl sites for hydroxylation is 2. The molecule has 0 saturated carbocycles. The highest BCUT2D eigenvalue weighted by molar-refractivity contribution is 5.48. The van der Waals surface area contributed by atoms with Crippen molar-refractivity contribution >= 4 is 11.4 Å². The van der Waals surface area contributed by atoms with Gasteiger partial charge >= 0.3 is 0 Å².